The number of halogens is 5. The van der Waals surface area contributed by atoms with Gasteiger partial charge in [0, 0.05) is 15.6 Å². The Hall–Kier alpha value is -0.680. The summed E-state index contributed by atoms with van der Waals surface area (Å²) in [6, 6.07) is 5.99. The quantitative estimate of drug-likeness (QED) is 0.736. The van der Waals surface area contributed by atoms with Crippen LogP contribution in [-0.4, -0.2) is 0 Å². The minimum absolute atomic E-state index is 0.137. The third-order valence-electron chi connectivity index (χ3n) is 2.68. The Balaban J connectivity index is 2.59. The number of benzene rings is 2. The molecular weight excluding hydrogens is 359 g/mol. The van der Waals surface area contributed by atoms with Crippen molar-refractivity contribution >= 4 is 39.1 Å². The lowest BCUT2D eigenvalue weighted by Crippen LogP contribution is -2.16. The van der Waals surface area contributed by atoms with E-state index in [0.29, 0.717) is 15.6 Å². The van der Waals surface area contributed by atoms with E-state index in [4.69, 9.17) is 28.9 Å². The summed E-state index contributed by atoms with van der Waals surface area (Å²) in [7, 11) is 0. The van der Waals surface area contributed by atoms with Gasteiger partial charge in [0.15, 0.2) is 0 Å². The molecule has 1 unspecified atom stereocenters. The maximum absolute atomic E-state index is 14.0. The Bertz CT molecular complexity index is 634. The second kappa shape index (κ2) is 5.75. The van der Waals surface area contributed by atoms with Crippen LogP contribution in [0.15, 0.2) is 34.8 Å². The fourth-order valence-electron chi connectivity index (χ4n) is 1.74. The van der Waals surface area contributed by atoms with E-state index in [1.807, 2.05) is 0 Å². The van der Waals surface area contributed by atoms with Gasteiger partial charge in [-0.05, 0) is 51.8 Å². The Morgan fingerprint density at radius 1 is 1.11 bits per heavy atom. The van der Waals surface area contributed by atoms with Crippen LogP contribution in [0, 0.1) is 11.6 Å². The molecule has 19 heavy (non-hydrogen) atoms. The average molecular weight is 367 g/mol. The van der Waals surface area contributed by atoms with Crippen molar-refractivity contribution in [3.05, 3.63) is 67.6 Å². The topological polar surface area (TPSA) is 26.0 Å². The number of nitrogens with two attached hydrogens (primary N) is 1. The van der Waals surface area contributed by atoms with Crippen LogP contribution >= 0.6 is 39.1 Å². The summed E-state index contributed by atoms with van der Waals surface area (Å²) >= 11 is 14.8. The summed E-state index contributed by atoms with van der Waals surface area (Å²) in [5.74, 6) is -1.48. The van der Waals surface area contributed by atoms with Crippen LogP contribution < -0.4 is 5.73 Å². The van der Waals surface area contributed by atoms with Crippen LogP contribution in [0.25, 0.3) is 0 Å². The van der Waals surface area contributed by atoms with Gasteiger partial charge in [-0.25, -0.2) is 8.78 Å². The van der Waals surface area contributed by atoms with Crippen molar-refractivity contribution in [3.63, 3.8) is 0 Å². The van der Waals surface area contributed by atoms with Crippen molar-refractivity contribution in [2.75, 3.05) is 0 Å². The van der Waals surface area contributed by atoms with E-state index in [1.54, 1.807) is 6.07 Å². The predicted octanol–water partition coefficient (Wildman–Crippen LogP) is 5.08. The van der Waals surface area contributed by atoms with Gasteiger partial charge in [-0.2, -0.15) is 0 Å². The van der Waals surface area contributed by atoms with E-state index in [2.05, 4.69) is 15.9 Å². The minimum atomic E-state index is -1.04. The van der Waals surface area contributed by atoms with E-state index >= 15 is 0 Å². The zero-order chi connectivity index (χ0) is 14.2. The summed E-state index contributed by atoms with van der Waals surface area (Å²) in [4.78, 5) is 0. The van der Waals surface area contributed by atoms with Crippen molar-refractivity contribution in [3.8, 4) is 0 Å². The van der Waals surface area contributed by atoms with Gasteiger partial charge in [-0.15, -0.1) is 0 Å². The second-order valence-corrected chi connectivity index (χ2v) is 5.60. The van der Waals surface area contributed by atoms with Gasteiger partial charge in [-0.1, -0.05) is 23.2 Å². The summed E-state index contributed by atoms with van der Waals surface area (Å²) in [5, 5.41) is 0.696. The predicted molar refractivity (Wildman–Crippen MR) is 76.6 cm³/mol. The first-order valence-corrected chi connectivity index (χ1v) is 6.80. The Morgan fingerprint density at radius 2 is 1.79 bits per heavy atom. The first-order chi connectivity index (χ1) is 8.91. The lowest BCUT2D eigenvalue weighted by molar-refractivity contribution is 0.539. The van der Waals surface area contributed by atoms with Crippen LogP contribution in [0.5, 0.6) is 0 Å². The molecule has 0 aliphatic carbocycles. The number of rotatable bonds is 2. The maximum Gasteiger partial charge on any atom is 0.145 e. The van der Waals surface area contributed by atoms with Crippen LogP contribution in [-0.2, 0) is 0 Å². The van der Waals surface area contributed by atoms with Gasteiger partial charge in [0.25, 0.3) is 0 Å². The molecule has 0 aromatic heterocycles. The van der Waals surface area contributed by atoms with Crippen molar-refractivity contribution in [1.82, 2.24) is 0 Å². The normalized spacial score (nSPS) is 12.5. The largest absolute Gasteiger partial charge is 0.320 e. The van der Waals surface area contributed by atoms with Crippen LogP contribution in [0.2, 0.25) is 10.0 Å². The van der Waals surface area contributed by atoms with E-state index in [0.717, 1.165) is 6.07 Å². The minimum Gasteiger partial charge on any atom is -0.320 e. The summed E-state index contributed by atoms with van der Waals surface area (Å²) in [6.45, 7) is 0. The van der Waals surface area contributed by atoms with Crippen molar-refractivity contribution in [2.24, 2.45) is 5.73 Å². The zero-order valence-electron chi connectivity index (χ0n) is 9.43. The lowest BCUT2D eigenvalue weighted by Gasteiger charge is -2.16. The first kappa shape index (κ1) is 14.7. The van der Waals surface area contributed by atoms with E-state index in [1.165, 1.54) is 18.2 Å². The highest BCUT2D eigenvalue weighted by atomic mass is 79.9. The first-order valence-electron chi connectivity index (χ1n) is 5.25. The molecule has 0 amide bonds. The molecule has 0 spiro atoms. The maximum atomic E-state index is 14.0. The van der Waals surface area contributed by atoms with Gasteiger partial charge >= 0.3 is 0 Å². The Labute approximate surface area is 127 Å². The molecule has 6 heteroatoms. The van der Waals surface area contributed by atoms with Crippen LogP contribution in [0.1, 0.15) is 17.2 Å². The fraction of sp³-hybridized carbons (Fsp3) is 0.0769. The van der Waals surface area contributed by atoms with Crippen molar-refractivity contribution in [2.45, 2.75) is 6.04 Å². The lowest BCUT2D eigenvalue weighted by atomic mass is 9.98. The van der Waals surface area contributed by atoms with E-state index in [-0.39, 0.29) is 10.0 Å². The number of hydrogen-bond donors (Lipinski definition) is 1. The van der Waals surface area contributed by atoms with E-state index in [9.17, 15) is 8.78 Å². The number of hydrogen-bond acceptors (Lipinski definition) is 1. The molecule has 1 nitrogen and oxygen atoms in total. The molecule has 1 atom stereocenters. The van der Waals surface area contributed by atoms with Crippen molar-refractivity contribution in [1.29, 1.82) is 0 Å². The zero-order valence-corrected chi connectivity index (χ0v) is 12.5. The Morgan fingerprint density at radius 3 is 2.47 bits per heavy atom. The molecule has 100 valence electrons. The SMILES string of the molecule is NC(c1cc(Cl)ccc1Cl)c1c(F)ccc(Br)c1F. The second-order valence-electron chi connectivity index (χ2n) is 3.90. The third kappa shape index (κ3) is 2.92. The Kier molecular flexibility index (Phi) is 4.46. The van der Waals surface area contributed by atoms with Crippen molar-refractivity contribution < 1.29 is 8.78 Å². The molecule has 2 rings (SSSR count). The molecular formula is C13H8BrCl2F2N. The molecule has 0 aliphatic heterocycles. The highest BCUT2D eigenvalue weighted by molar-refractivity contribution is 9.10. The third-order valence-corrected chi connectivity index (χ3v) is 3.88. The summed E-state index contributed by atoms with van der Waals surface area (Å²) in [6.07, 6.45) is 0. The van der Waals surface area contributed by atoms with Gasteiger partial charge in [0.2, 0.25) is 0 Å². The summed E-state index contributed by atoms with van der Waals surface area (Å²) < 4.78 is 27.9. The molecule has 0 saturated carbocycles. The van der Waals surface area contributed by atoms with Gasteiger partial charge in [0.1, 0.15) is 11.6 Å². The molecule has 0 bridgehead atoms. The van der Waals surface area contributed by atoms with E-state index < -0.39 is 17.7 Å². The van der Waals surface area contributed by atoms with Crippen LogP contribution in [0.4, 0.5) is 8.78 Å². The average Bonchev–Trinajstić information content (AvgIpc) is 2.37. The van der Waals surface area contributed by atoms with Gasteiger partial charge < -0.3 is 5.73 Å². The monoisotopic (exact) mass is 365 g/mol. The van der Waals surface area contributed by atoms with Gasteiger partial charge in [0.05, 0.1) is 10.5 Å². The summed E-state index contributed by atoms with van der Waals surface area (Å²) in [5.41, 5.74) is 6.03. The molecule has 2 aromatic carbocycles. The molecule has 0 saturated heterocycles. The van der Waals surface area contributed by atoms with Crippen LogP contribution in [0.3, 0.4) is 0 Å². The standard InChI is InChI=1S/C13H8BrCl2F2N/c14-8-2-4-10(17)11(12(8)18)13(19)7-5-6(15)1-3-9(7)16/h1-5,13H,19H2. The molecule has 0 heterocycles. The molecule has 0 aliphatic rings. The fourth-order valence-corrected chi connectivity index (χ4v) is 2.50. The highest BCUT2D eigenvalue weighted by Crippen LogP contribution is 2.33. The highest BCUT2D eigenvalue weighted by Gasteiger charge is 2.22. The van der Waals surface area contributed by atoms with Gasteiger partial charge in [-0.3, -0.25) is 0 Å². The smallest absolute Gasteiger partial charge is 0.145 e. The molecule has 2 N–H and O–H groups in total. The molecule has 0 fully saturated rings. The molecule has 2 aromatic rings. The molecule has 0 radical (unpaired) electrons.